The number of nitrogens with zero attached hydrogens (tertiary/aromatic N) is 7. The highest BCUT2D eigenvalue weighted by atomic mass is 16.5. The van der Waals surface area contributed by atoms with Gasteiger partial charge in [0.25, 0.3) is 0 Å². The fourth-order valence-electron chi connectivity index (χ4n) is 4.23. The number of anilines is 1. The number of esters is 1. The summed E-state index contributed by atoms with van der Waals surface area (Å²) in [7, 11) is 0. The van der Waals surface area contributed by atoms with E-state index in [9.17, 15) is 14.9 Å². The molecule has 4 heterocycles. The van der Waals surface area contributed by atoms with Gasteiger partial charge in [0.15, 0.2) is 5.65 Å². The number of carbonyl (C=O) groups excluding carboxylic acids is 2. The van der Waals surface area contributed by atoms with Crippen molar-refractivity contribution in [2.45, 2.75) is 33.6 Å². The Balaban J connectivity index is 1.34. The van der Waals surface area contributed by atoms with Crippen LogP contribution >= 0.6 is 0 Å². The first kappa shape index (κ1) is 23.2. The minimum absolute atomic E-state index is 0.0994. The number of aromatic nitrogens is 4. The third-order valence-electron chi connectivity index (χ3n) is 6.13. The van der Waals surface area contributed by atoms with Crippen molar-refractivity contribution in [3.63, 3.8) is 0 Å². The molecule has 0 atom stereocenters. The van der Waals surface area contributed by atoms with E-state index < -0.39 is 0 Å². The van der Waals surface area contributed by atoms with Crippen molar-refractivity contribution in [3.05, 3.63) is 52.6 Å². The number of aryl methyl sites for hydroxylation is 2. The predicted octanol–water partition coefficient (Wildman–Crippen LogP) is 2.07. The molecule has 10 heteroatoms. The summed E-state index contributed by atoms with van der Waals surface area (Å²) in [6.45, 7) is 8.50. The summed E-state index contributed by atoms with van der Waals surface area (Å²) in [4.78, 5) is 37.6. The highest BCUT2D eigenvalue weighted by Gasteiger charge is 2.23. The number of hydrogen-bond donors (Lipinski definition) is 0. The number of pyridine rings is 1. The molecule has 0 bridgehead atoms. The number of ether oxygens (including phenoxy) is 1. The number of hydrogen-bond acceptors (Lipinski definition) is 8. The molecule has 10 nitrogen and oxygen atoms in total. The Hall–Kier alpha value is -4.00. The smallest absolute Gasteiger partial charge is 0.339 e. The Morgan fingerprint density at radius 3 is 2.56 bits per heavy atom. The maximum atomic E-state index is 12.9. The van der Waals surface area contributed by atoms with Gasteiger partial charge in [0.1, 0.15) is 17.5 Å². The standard InChI is InChI=1S/C24H27N7O3/c1-4-34-24(33)18-5-7-21(26-14-18)29-9-11-30(12-10-29)22(32)8-6-20-16(2)28-23-19(13-25)15-27-31(23)17(20)3/h5,7,14-15H,4,6,8-12H2,1-3H3. The van der Waals surface area contributed by atoms with Gasteiger partial charge in [-0.3, -0.25) is 4.79 Å². The highest BCUT2D eigenvalue weighted by Crippen LogP contribution is 2.20. The first-order valence-corrected chi connectivity index (χ1v) is 11.3. The Morgan fingerprint density at radius 2 is 1.91 bits per heavy atom. The van der Waals surface area contributed by atoms with E-state index in [-0.39, 0.29) is 11.9 Å². The van der Waals surface area contributed by atoms with Crippen molar-refractivity contribution in [3.8, 4) is 6.07 Å². The molecule has 0 radical (unpaired) electrons. The molecule has 0 saturated carbocycles. The Kier molecular flexibility index (Phi) is 6.72. The van der Waals surface area contributed by atoms with Crippen LogP contribution in [-0.2, 0) is 16.0 Å². The summed E-state index contributed by atoms with van der Waals surface area (Å²) in [5, 5.41) is 13.5. The third-order valence-corrected chi connectivity index (χ3v) is 6.13. The summed E-state index contributed by atoms with van der Waals surface area (Å²) in [6, 6.07) is 5.64. The zero-order valence-electron chi connectivity index (χ0n) is 19.6. The number of piperazine rings is 1. The van der Waals surface area contributed by atoms with Crippen LogP contribution in [0, 0.1) is 25.2 Å². The van der Waals surface area contributed by atoms with Crippen LogP contribution in [0.1, 0.15) is 46.2 Å². The van der Waals surface area contributed by atoms with Gasteiger partial charge >= 0.3 is 5.97 Å². The van der Waals surface area contributed by atoms with E-state index in [4.69, 9.17) is 4.74 Å². The number of carbonyl (C=O) groups is 2. The molecule has 3 aromatic heterocycles. The van der Waals surface area contributed by atoms with Crippen LogP contribution in [0.2, 0.25) is 0 Å². The Morgan fingerprint density at radius 1 is 1.15 bits per heavy atom. The van der Waals surface area contributed by atoms with E-state index >= 15 is 0 Å². The van der Waals surface area contributed by atoms with E-state index in [1.54, 1.807) is 17.5 Å². The van der Waals surface area contributed by atoms with Gasteiger partial charge in [-0.25, -0.2) is 19.3 Å². The number of rotatable bonds is 6. The van der Waals surface area contributed by atoms with E-state index in [1.165, 1.54) is 12.4 Å². The largest absolute Gasteiger partial charge is 0.462 e. The molecule has 1 aliphatic heterocycles. The average Bonchev–Trinajstić information content (AvgIpc) is 3.27. The monoisotopic (exact) mass is 461 g/mol. The molecule has 1 aliphatic rings. The topological polar surface area (TPSA) is 117 Å². The molecular weight excluding hydrogens is 434 g/mol. The summed E-state index contributed by atoms with van der Waals surface area (Å²) < 4.78 is 6.66. The van der Waals surface area contributed by atoms with Gasteiger partial charge in [-0.1, -0.05) is 0 Å². The number of amides is 1. The minimum atomic E-state index is -0.380. The van der Waals surface area contributed by atoms with Crippen LogP contribution in [0.4, 0.5) is 5.82 Å². The van der Waals surface area contributed by atoms with E-state index in [1.807, 2.05) is 24.8 Å². The molecular formula is C24H27N7O3. The van der Waals surface area contributed by atoms with Crippen LogP contribution in [0.5, 0.6) is 0 Å². The maximum Gasteiger partial charge on any atom is 0.339 e. The van der Waals surface area contributed by atoms with Crippen LogP contribution in [0.15, 0.2) is 24.5 Å². The lowest BCUT2D eigenvalue weighted by atomic mass is 10.1. The lowest BCUT2D eigenvalue weighted by molar-refractivity contribution is -0.131. The van der Waals surface area contributed by atoms with Gasteiger partial charge in [-0.15, -0.1) is 0 Å². The molecule has 0 aliphatic carbocycles. The maximum absolute atomic E-state index is 12.9. The van der Waals surface area contributed by atoms with Gasteiger partial charge in [-0.2, -0.15) is 10.4 Å². The molecule has 0 spiro atoms. The normalized spacial score (nSPS) is 13.7. The molecule has 1 saturated heterocycles. The molecule has 176 valence electrons. The summed E-state index contributed by atoms with van der Waals surface area (Å²) >= 11 is 0. The number of nitriles is 1. The Bertz CT molecular complexity index is 1250. The van der Waals surface area contributed by atoms with E-state index in [0.717, 1.165) is 22.8 Å². The highest BCUT2D eigenvalue weighted by molar-refractivity contribution is 5.89. The van der Waals surface area contributed by atoms with Crippen LogP contribution in [-0.4, -0.2) is 69.1 Å². The van der Waals surface area contributed by atoms with Gasteiger partial charge in [0.05, 0.1) is 18.4 Å². The predicted molar refractivity (Wildman–Crippen MR) is 124 cm³/mol. The van der Waals surface area contributed by atoms with Gasteiger partial charge in [0.2, 0.25) is 5.91 Å². The molecule has 3 aromatic rings. The lowest BCUT2D eigenvalue weighted by Gasteiger charge is -2.35. The lowest BCUT2D eigenvalue weighted by Crippen LogP contribution is -2.49. The van der Waals surface area contributed by atoms with Crippen molar-refractivity contribution in [2.24, 2.45) is 0 Å². The zero-order valence-corrected chi connectivity index (χ0v) is 19.6. The second-order valence-corrected chi connectivity index (χ2v) is 8.16. The first-order valence-electron chi connectivity index (χ1n) is 11.3. The summed E-state index contributed by atoms with van der Waals surface area (Å²) in [5.41, 5.74) is 4.12. The van der Waals surface area contributed by atoms with E-state index in [2.05, 4.69) is 26.0 Å². The molecule has 1 fully saturated rings. The van der Waals surface area contributed by atoms with Crippen molar-refractivity contribution in [1.29, 1.82) is 5.26 Å². The quantitative estimate of drug-likeness (QED) is 0.512. The second-order valence-electron chi connectivity index (χ2n) is 8.16. The average molecular weight is 462 g/mol. The molecule has 0 N–H and O–H groups in total. The molecule has 0 unspecified atom stereocenters. The van der Waals surface area contributed by atoms with Gasteiger partial charge in [-0.05, 0) is 44.9 Å². The summed E-state index contributed by atoms with van der Waals surface area (Å²) in [5.74, 6) is 0.499. The van der Waals surface area contributed by atoms with Crippen LogP contribution in [0.3, 0.4) is 0 Å². The second kappa shape index (κ2) is 9.87. The molecule has 4 rings (SSSR count). The molecule has 0 aromatic carbocycles. The van der Waals surface area contributed by atoms with Gasteiger partial charge < -0.3 is 14.5 Å². The third kappa shape index (κ3) is 4.55. The van der Waals surface area contributed by atoms with Crippen LogP contribution in [0.25, 0.3) is 5.65 Å². The Labute approximate surface area is 197 Å². The fourth-order valence-corrected chi connectivity index (χ4v) is 4.23. The van der Waals surface area contributed by atoms with E-state index in [0.29, 0.717) is 62.4 Å². The summed E-state index contributed by atoms with van der Waals surface area (Å²) in [6.07, 6.45) is 3.99. The van der Waals surface area contributed by atoms with Crippen molar-refractivity contribution in [1.82, 2.24) is 24.5 Å². The number of fused-ring (bicyclic) bond motifs is 1. The van der Waals surface area contributed by atoms with Crippen molar-refractivity contribution in [2.75, 3.05) is 37.7 Å². The van der Waals surface area contributed by atoms with Crippen molar-refractivity contribution < 1.29 is 14.3 Å². The minimum Gasteiger partial charge on any atom is -0.462 e. The molecule has 1 amide bonds. The SMILES string of the molecule is CCOC(=O)c1ccc(N2CCN(C(=O)CCc3c(C)nc4c(C#N)cnn4c3C)CC2)nc1. The van der Waals surface area contributed by atoms with Gasteiger partial charge in [0, 0.05) is 50.2 Å². The fraction of sp³-hybridized carbons (Fsp3) is 0.417. The van der Waals surface area contributed by atoms with Crippen LogP contribution < -0.4 is 4.90 Å². The van der Waals surface area contributed by atoms with Crippen molar-refractivity contribution >= 4 is 23.3 Å². The zero-order chi connectivity index (χ0) is 24.2. The molecule has 34 heavy (non-hydrogen) atoms. The first-order chi connectivity index (χ1) is 16.4.